The molecule has 0 saturated carbocycles. The van der Waals surface area contributed by atoms with Crippen LogP contribution in [-0.4, -0.2) is 73.4 Å². The SMILES string of the molecule is Cc1c(O[C@@H]2O[C@H](C(=O)O)[C@@H](O)[C@H](O)[C@H]2O)c(=O)ccn1[C@@H](CO)Cc1ccccc1. The van der Waals surface area contributed by atoms with Gasteiger partial charge in [-0.15, -0.1) is 0 Å². The van der Waals surface area contributed by atoms with Crippen molar-refractivity contribution in [3.05, 3.63) is 64.1 Å². The summed E-state index contributed by atoms with van der Waals surface area (Å²) in [5.41, 5.74) is 0.716. The second kappa shape index (κ2) is 9.58. The van der Waals surface area contributed by atoms with Gasteiger partial charge in [-0.2, -0.15) is 0 Å². The third-order valence-corrected chi connectivity index (χ3v) is 5.29. The Bertz CT molecular complexity index is 961. The molecule has 1 aromatic heterocycles. The lowest BCUT2D eigenvalue weighted by molar-refractivity contribution is -0.271. The van der Waals surface area contributed by atoms with Crippen LogP contribution in [0.1, 0.15) is 17.3 Å². The van der Waals surface area contributed by atoms with Crippen molar-refractivity contribution in [1.29, 1.82) is 0 Å². The fourth-order valence-corrected chi connectivity index (χ4v) is 3.57. The van der Waals surface area contributed by atoms with E-state index < -0.39 is 48.1 Å². The summed E-state index contributed by atoms with van der Waals surface area (Å²) in [6.45, 7) is 1.34. The molecule has 2 heterocycles. The normalized spacial score (nSPS) is 26.9. The quantitative estimate of drug-likeness (QED) is 0.375. The molecule has 0 unspecified atom stereocenters. The van der Waals surface area contributed by atoms with E-state index in [4.69, 9.17) is 14.6 Å². The highest BCUT2D eigenvalue weighted by molar-refractivity contribution is 5.73. The van der Waals surface area contributed by atoms with Gasteiger partial charge in [-0.05, 0) is 18.9 Å². The molecule has 31 heavy (non-hydrogen) atoms. The molecular weight excluding hydrogens is 410 g/mol. The highest BCUT2D eigenvalue weighted by atomic mass is 16.7. The third kappa shape index (κ3) is 4.78. The number of carbonyl (C=O) groups is 1. The Balaban J connectivity index is 1.90. The molecule has 10 nitrogen and oxygen atoms in total. The number of carboxylic acid groups (broad SMARTS) is 1. The average Bonchev–Trinajstić information content (AvgIpc) is 2.75. The van der Waals surface area contributed by atoms with Crippen LogP contribution < -0.4 is 10.2 Å². The van der Waals surface area contributed by atoms with Crippen LogP contribution in [0, 0.1) is 6.92 Å². The lowest BCUT2D eigenvalue weighted by Crippen LogP contribution is -2.61. The number of aromatic nitrogens is 1. The maximum atomic E-state index is 12.4. The molecule has 10 heteroatoms. The average molecular weight is 435 g/mol. The number of hydrogen-bond acceptors (Lipinski definition) is 8. The first-order valence-electron chi connectivity index (χ1n) is 9.70. The molecule has 1 aliphatic heterocycles. The van der Waals surface area contributed by atoms with E-state index in [0.29, 0.717) is 12.1 Å². The molecule has 168 valence electrons. The second-order valence-electron chi connectivity index (χ2n) is 7.38. The van der Waals surface area contributed by atoms with Crippen molar-refractivity contribution < 1.29 is 39.8 Å². The van der Waals surface area contributed by atoms with Crippen LogP contribution in [0.4, 0.5) is 0 Å². The van der Waals surface area contributed by atoms with E-state index in [1.807, 2.05) is 30.3 Å². The van der Waals surface area contributed by atoms with Gasteiger partial charge in [0.05, 0.1) is 18.3 Å². The third-order valence-electron chi connectivity index (χ3n) is 5.29. The largest absolute Gasteiger partial charge is 0.479 e. The Morgan fingerprint density at radius 3 is 2.42 bits per heavy atom. The highest BCUT2D eigenvalue weighted by Crippen LogP contribution is 2.26. The molecule has 1 aromatic carbocycles. The van der Waals surface area contributed by atoms with Gasteiger partial charge in [0.2, 0.25) is 11.7 Å². The smallest absolute Gasteiger partial charge is 0.335 e. The minimum atomic E-state index is -1.87. The molecule has 1 fully saturated rings. The van der Waals surface area contributed by atoms with E-state index in [1.54, 1.807) is 11.5 Å². The molecule has 0 amide bonds. The Morgan fingerprint density at radius 2 is 1.81 bits per heavy atom. The number of nitrogens with zero attached hydrogens (tertiary/aromatic N) is 1. The van der Waals surface area contributed by atoms with E-state index >= 15 is 0 Å². The molecular formula is C21H25NO9. The van der Waals surface area contributed by atoms with Gasteiger partial charge in [0.1, 0.15) is 18.3 Å². The van der Waals surface area contributed by atoms with Gasteiger partial charge < -0.3 is 39.6 Å². The monoisotopic (exact) mass is 435 g/mol. The predicted molar refractivity (Wildman–Crippen MR) is 107 cm³/mol. The van der Waals surface area contributed by atoms with Crippen LogP contribution in [0.25, 0.3) is 0 Å². The molecule has 5 N–H and O–H groups in total. The summed E-state index contributed by atoms with van der Waals surface area (Å²) in [6.07, 6.45) is -7.10. The van der Waals surface area contributed by atoms with Crippen molar-refractivity contribution in [3.63, 3.8) is 0 Å². The standard InChI is InChI=1S/C21H25NO9/c1-11-18(30-21-17(27)15(25)16(26)19(31-21)20(28)29)14(24)7-8-22(11)13(10-23)9-12-5-3-2-4-6-12/h2-8,13,15-17,19,21,23,25-27H,9-10H2,1H3,(H,28,29)/t13-,15+,16+,17-,19+,21-/m1/s1. The van der Waals surface area contributed by atoms with Crippen LogP contribution in [0.5, 0.6) is 5.75 Å². The number of benzene rings is 1. The Morgan fingerprint density at radius 1 is 1.13 bits per heavy atom. The molecule has 2 aromatic rings. The van der Waals surface area contributed by atoms with E-state index in [1.165, 1.54) is 12.3 Å². The molecule has 3 rings (SSSR count). The van der Waals surface area contributed by atoms with Crippen LogP contribution in [0.3, 0.4) is 0 Å². The van der Waals surface area contributed by atoms with Gasteiger partial charge in [0.15, 0.2) is 11.9 Å². The number of ether oxygens (including phenoxy) is 2. The maximum absolute atomic E-state index is 12.4. The lowest BCUT2D eigenvalue weighted by atomic mass is 9.99. The van der Waals surface area contributed by atoms with Crippen LogP contribution in [-0.2, 0) is 16.0 Å². The summed E-state index contributed by atoms with van der Waals surface area (Å²) in [5.74, 6) is -1.79. The Labute approximate surface area is 177 Å². The molecule has 0 radical (unpaired) electrons. The van der Waals surface area contributed by atoms with Crippen molar-refractivity contribution >= 4 is 5.97 Å². The molecule has 0 spiro atoms. The molecule has 0 aliphatic carbocycles. The number of pyridine rings is 1. The summed E-state index contributed by atoms with van der Waals surface area (Å²) in [5, 5.41) is 49.0. The summed E-state index contributed by atoms with van der Waals surface area (Å²) >= 11 is 0. The van der Waals surface area contributed by atoms with Gasteiger partial charge in [-0.1, -0.05) is 30.3 Å². The number of carboxylic acids is 1. The van der Waals surface area contributed by atoms with E-state index in [2.05, 4.69) is 0 Å². The summed E-state index contributed by atoms with van der Waals surface area (Å²) in [6, 6.07) is 10.2. The van der Waals surface area contributed by atoms with Gasteiger partial charge in [0.25, 0.3) is 0 Å². The van der Waals surface area contributed by atoms with Gasteiger partial charge in [-0.25, -0.2) is 4.79 Å². The summed E-state index contributed by atoms with van der Waals surface area (Å²) in [7, 11) is 0. The number of hydrogen-bond donors (Lipinski definition) is 5. The zero-order valence-electron chi connectivity index (χ0n) is 16.7. The highest BCUT2D eigenvalue weighted by Gasteiger charge is 2.48. The molecule has 0 bridgehead atoms. The number of aliphatic hydroxyl groups excluding tert-OH is 4. The first-order valence-corrected chi connectivity index (χ1v) is 9.70. The summed E-state index contributed by atoms with van der Waals surface area (Å²) in [4.78, 5) is 23.7. The van der Waals surface area contributed by atoms with Crippen molar-refractivity contribution in [2.24, 2.45) is 0 Å². The van der Waals surface area contributed by atoms with Crippen LogP contribution >= 0.6 is 0 Å². The van der Waals surface area contributed by atoms with Crippen LogP contribution in [0.15, 0.2) is 47.4 Å². The van der Waals surface area contributed by atoms with Crippen molar-refractivity contribution in [1.82, 2.24) is 4.57 Å². The predicted octanol–water partition coefficient (Wildman–Crippen LogP) is -0.796. The van der Waals surface area contributed by atoms with Crippen molar-refractivity contribution in [3.8, 4) is 5.75 Å². The van der Waals surface area contributed by atoms with Crippen molar-refractivity contribution in [2.45, 2.75) is 50.1 Å². The Kier molecular flexibility index (Phi) is 7.08. The number of aliphatic hydroxyl groups is 4. The zero-order valence-corrected chi connectivity index (χ0v) is 16.7. The lowest BCUT2D eigenvalue weighted by Gasteiger charge is -2.38. The fraction of sp³-hybridized carbons (Fsp3) is 0.429. The topological polar surface area (TPSA) is 159 Å². The number of aliphatic carboxylic acids is 1. The van der Waals surface area contributed by atoms with Gasteiger partial charge in [-0.3, -0.25) is 4.79 Å². The summed E-state index contributed by atoms with van der Waals surface area (Å²) < 4.78 is 12.2. The first-order chi connectivity index (χ1) is 14.7. The van der Waals surface area contributed by atoms with Crippen LogP contribution in [0.2, 0.25) is 0 Å². The van der Waals surface area contributed by atoms with E-state index in [-0.39, 0.29) is 12.4 Å². The molecule has 1 aliphatic rings. The zero-order chi connectivity index (χ0) is 22.7. The van der Waals surface area contributed by atoms with Gasteiger partial charge >= 0.3 is 5.97 Å². The van der Waals surface area contributed by atoms with Crippen molar-refractivity contribution in [2.75, 3.05) is 6.61 Å². The van der Waals surface area contributed by atoms with Gasteiger partial charge in [0, 0.05) is 12.3 Å². The second-order valence-corrected chi connectivity index (χ2v) is 7.38. The van der Waals surface area contributed by atoms with E-state index in [9.17, 15) is 30.0 Å². The minimum Gasteiger partial charge on any atom is -0.479 e. The molecule has 1 saturated heterocycles. The Hall–Kier alpha value is -2.76. The fourth-order valence-electron chi connectivity index (χ4n) is 3.57. The number of rotatable bonds is 7. The molecule has 6 atom stereocenters. The first kappa shape index (κ1) is 22.9. The maximum Gasteiger partial charge on any atom is 0.335 e. The van der Waals surface area contributed by atoms with E-state index in [0.717, 1.165) is 5.56 Å². The minimum absolute atomic E-state index is 0.230.